The highest BCUT2D eigenvalue weighted by atomic mass is 16.7. The monoisotopic (exact) mass is 360 g/mol. The van der Waals surface area contributed by atoms with E-state index in [0.29, 0.717) is 44.7 Å². The lowest BCUT2D eigenvalue weighted by molar-refractivity contribution is -0.187. The van der Waals surface area contributed by atoms with E-state index in [2.05, 4.69) is 26.1 Å². The van der Waals surface area contributed by atoms with Crippen molar-refractivity contribution in [2.45, 2.75) is 44.8 Å². The van der Waals surface area contributed by atoms with E-state index in [-0.39, 0.29) is 23.8 Å². The second-order valence-electron chi connectivity index (χ2n) is 8.00. The average molecular weight is 360 g/mol. The van der Waals surface area contributed by atoms with E-state index in [9.17, 15) is 9.59 Å². The molecule has 2 aliphatic heterocycles. The average Bonchev–Trinajstić information content (AvgIpc) is 3.07. The highest BCUT2D eigenvalue weighted by Gasteiger charge is 2.40. The molecule has 26 heavy (non-hydrogen) atoms. The zero-order valence-corrected chi connectivity index (χ0v) is 15.8. The molecule has 1 aromatic carbocycles. The number of ether oxygens (including phenoxy) is 2. The summed E-state index contributed by atoms with van der Waals surface area (Å²) in [6.45, 7) is 8.83. The maximum absolute atomic E-state index is 12.4. The minimum absolute atomic E-state index is 0.00850. The number of likely N-dealkylation sites (tertiary alicyclic amines) is 1. The molecule has 1 aromatic rings. The summed E-state index contributed by atoms with van der Waals surface area (Å²) in [6, 6.07) is 7.53. The third-order valence-corrected chi connectivity index (χ3v) is 5.10. The number of piperidine rings is 1. The van der Waals surface area contributed by atoms with Gasteiger partial charge >= 0.3 is 0 Å². The molecule has 6 heteroatoms. The normalized spacial score (nSPS) is 19.6. The van der Waals surface area contributed by atoms with Crippen LogP contribution in [0.15, 0.2) is 24.3 Å². The molecule has 3 rings (SSSR count). The molecule has 142 valence electrons. The van der Waals surface area contributed by atoms with Crippen LogP contribution in [0, 0.1) is 0 Å². The Morgan fingerprint density at radius 1 is 1.08 bits per heavy atom. The number of rotatable bonds is 3. The zero-order chi connectivity index (χ0) is 18.8. The summed E-state index contributed by atoms with van der Waals surface area (Å²) in [4.78, 5) is 26.4. The van der Waals surface area contributed by atoms with Crippen molar-refractivity contribution in [2.24, 2.45) is 0 Å². The summed E-state index contributed by atoms with van der Waals surface area (Å²) in [7, 11) is 0. The molecule has 2 saturated heterocycles. The Kier molecular flexibility index (Phi) is 5.34. The van der Waals surface area contributed by atoms with Crippen molar-refractivity contribution in [1.82, 2.24) is 10.2 Å². The van der Waals surface area contributed by atoms with E-state index >= 15 is 0 Å². The van der Waals surface area contributed by atoms with Gasteiger partial charge in [-0.3, -0.25) is 9.59 Å². The second-order valence-corrected chi connectivity index (χ2v) is 8.00. The number of carbonyl (C=O) groups is 2. The molecule has 0 unspecified atom stereocenters. The van der Waals surface area contributed by atoms with Gasteiger partial charge in [0.05, 0.1) is 19.8 Å². The molecule has 0 radical (unpaired) electrons. The lowest BCUT2D eigenvalue weighted by Crippen LogP contribution is -2.49. The highest BCUT2D eigenvalue weighted by molar-refractivity contribution is 5.96. The molecule has 1 spiro atoms. The fourth-order valence-electron chi connectivity index (χ4n) is 3.37. The lowest BCUT2D eigenvalue weighted by atomic mass is 9.87. The minimum atomic E-state index is -0.491. The van der Waals surface area contributed by atoms with Gasteiger partial charge in [-0.1, -0.05) is 32.9 Å². The van der Waals surface area contributed by atoms with Crippen molar-refractivity contribution in [3.8, 4) is 0 Å². The molecule has 0 bridgehead atoms. The summed E-state index contributed by atoms with van der Waals surface area (Å²) >= 11 is 0. The maximum atomic E-state index is 12.4. The largest absolute Gasteiger partial charge is 0.347 e. The van der Waals surface area contributed by atoms with Crippen molar-refractivity contribution in [3.63, 3.8) is 0 Å². The first-order valence-corrected chi connectivity index (χ1v) is 9.24. The molecular formula is C20H28N2O4. The zero-order valence-electron chi connectivity index (χ0n) is 15.8. The highest BCUT2D eigenvalue weighted by Crippen LogP contribution is 2.31. The SMILES string of the molecule is CC(C)(C)c1ccc(C(=O)NCC(=O)N2CCC3(CC2)OCCO3)cc1. The van der Waals surface area contributed by atoms with Crippen LogP contribution in [0.3, 0.4) is 0 Å². The van der Waals surface area contributed by atoms with Gasteiger partial charge in [0.25, 0.3) is 5.91 Å². The molecule has 0 saturated carbocycles. The van der Waals surface area contributed by atoms with Crippen LogP contribution in [0.25, 0.3) is 0 Å². The van der Waals surface area contributed by atoms with Crippen LogP contribution in [0.2, 0.25) is 0 Å². The van der Waals surface area contributed by atoms with Gasteiger partial charge < -0.3 is 19.7 Å². The summed E-state index contributed by atoms with van der Waals surface area (Å²) < 4.78 is 11.3. The molecule has 2 aliphatic rings. The Morgan fingerprint density at radius 3 is 2.19 bits per heavy atom. The maximum Gasteiger partial charge on any atom is 0.251 e. The smallest absolute Gasteiger partial charge is 0.251 e. The third-order valence-electron chi connectivity index (χ3n) is 5.10. The minimum Gasteiger partial charge on any atom is -0.347 e. The topological polar surface area (TPSA) is 67.9 Å². The fraction of sp³-hybridized carbons (Fsp3) is 0.600. The summed E-state index contributed by atoms with van der Waals surface area (Å²) in [5, 5.41) is 2.72. The first-order valence-electron chi connectivity index (χ1n) is 9.24. The molecular weight excluding hydrogens is 332 g/mol. The Hall–Kier alpha value is -1.92. The van der Waals surface area contributed by atoms with E-state index in [1.165, 1.54) is 5.56 Å². The Morgan fingerprint density at radius 2 is 1.65 bits per heavy atom. The Bertz CT molecular complexity index is 647. The van der Waals surface area contributed by atoms with E-state index in [4.69, 9.17) is 9.47 Å². The number of benzene rings is 1. The van der Waals surface area contributed by atoms with Gasteiger partial charge in [0, 0.05) is 31.5 Å². The first kappa shape index (κ1) is 18.9. The van der Waals surface area contributed by atoms with Crippen molar-refractivity contribution < 1.29 is 19.1 Å². The van der Waals surface area contributed by atoms with Gasteiger partial charge in [-0.05, 0) is 23.1 Å². The molecule has 2 amide bonds. The van der Waals surface area contributed by atoms with Crippen molar-refractivity contribution in [2.75, 3.05) is 32.8 Å². The second kappa shape index (κ2) is 7.37. The summed E-state index contributed by atoms with van der Waals surface area (Å²) in [5.74, 6) is -0.790. The standard InChI is InChI=1S/C20H28N2O4/c1-19(2,3)16-6-4-15(5-7-16)18(24)21-14-17(23)22-10-8-20(9-11-22)25-12-13-26-20/h4-7H,8-14H2,1-3H3,(H,21,24). The molecule has 2 fully saturated rings. The van der Waals surface area contributed by atoms with Gasteiger partial charge in [-0.2, -0.15) is 0 Å². The number of nitrogens with zero attached hydrogens (tertiary/aromatic N) is 1. The van der Waals surface area contributed by atoms with Crippen LogP contribution < -0.4 is 5.32 Å². The number of hydrogen-bond acceptors (Lipinski definition) is 4. The molecule has 6 nitrogen and oxygen atoms in total. The first-order chi connectivity index (χ1) is 12.3. The number of carbonyl (C=O) groups excluding carboxylic acids is 2. The van der Waals surface area contributed by atoms with Crippen LogP contribution >= 0.6 is 0 Å². The van der Waals surface area contributed by atoms with E-state index in [0.717, 1.165) is 0 Å². The van der Waals surface area contributed by atoms with Crippen molar-refractivity contribution in [1.29, 1.82) is 0 Å². The van der Waals surface area contributed by atoms with Gasteiger partial charge in [-0.25, -0.2) is 0 Å². The molecule has 1 N–H and O–H groups in total. The number of nitrogens with one attached hydrogen (secondary N) is 1. The Labute approximate surface area is 154 Å². The molecule has 2 heterocycles. The summed E-state index contributed by atoms with van der Waals surface area (Å²) in [5.41, 5.74) is 1.78. The predicted octanol–water partition coefficient (Wildman–Crippen LogP) is 2.08. The van der Waals surface area contributed by atoms with E-state index in [1.807, 2.05) is 12.1 Å². The van der Waals surface area contributed by atoms with Gasteiger partial charge in [-0.15, -0.1) is 0 Å². The Balaban J connectivity index is 1.47. The van der Waals surface area contributed by atoms with Crippen LogP contribution in [-0.4, -0.2) is 55.3 Å². The van der Waals surface area contributed by atoms with Crippen molar-refractivity contribution in [3.05, 3.63) is 35.4 Å². The fourth-order valence-corrected chi connectivity index (χ4v) is 3.37. The van der Waals surface area contributed by atoms with Gasteiger partial charge in [0.15, 0.2) is 5.79 Å². The van der Waals surface area contributed by atoms with Crippen LogP contribution in [0.5, 0.6) is 0 Å². The quantitative estimate of drug-likeness (QED) is 0.896. The van der Waals surface area contributed by atoms with Gasteiger partial charge in [0.2, 0.25) is 5.91 Å². The molecule has 0 aliphatic carbocycles. The van der Waals surface area contributed by atoms with Crippen LogP contribution in [0.4, 0.5) is 0 Å². The van der Waals surface area contributed by atoms with Crippen molar-refractivity contribution >= 4 is 11.8 Å². The third kappa shape index (κ3) is 4.24. The van der Waals surface area contributed by atoms with E-state index in [1.54, 1.807) is 17.0 Å². The summed E-state index contributed by atoms with van der Waals surface area (Å²) in [6.07, 6.45) is 1.36. The van der Waals surface area contributed by atoms with Crippen LogP contribution in [0.1, 0.15) is 49.5 Å². The number of hydrogen-bond donors (Lipinski definition) is 1. The van der Waals surface area contributed by atoms with Gasteiger partial charge in [0.1, 0.15) is 0 Å². The molecule has 0 atom stereocenters. The lowest BCUT2D eigenvalue weighted by Gasteiger charge is -2.37. The van der Waals surface area contributed by atoms with Crippen LogP contribution in [-0.2, 0) is 19.7 Å². The predicted molar refractivity (Wildman–Crippen MR) is 97.9 cm³/mol. The molecule has 0 aromatic heterocycles. The van der Waals surface area contributed by atoms with E-state index < -0.39 is 5.79 Å². The number of amides is 2.